The molecule has 0 saturated carbocycles. The summed E-state index contributed by atoms with van der Waals surface area (Å²) in [5.74, 6) is -0.416. The van der Waals surface area contributed by atoms with Gasteiger partial charge in [0.15, 0.2) is 0 Å². The van der Waals surface area contributed by atoms with Crippen LogP contribution in [0.15, 0.2) is 48.8 Å². The SMILES string of the molecule is CC(O)(CCCc1ccccc1)c1cncc(F)c1. The molecule has 1 N–H and O–H groups in total. The number of hydrogen-bond donors (Lipinski definition) is 1. The zero-order valence-corrected chi connectivity index (χ0v) is 11.0. The molecule has 0 aliphatic heterocycles. The predicted octanol–water partition coefficient (Wildman–Crippen LogP) is 3.45. The van der Waals surface area contributed by atoms with Gasteiger partial charge in [0, 0.05) is 11.8 Å². The molecule has 19 heavy (non-hydrogen) atoms. The molecule has 0 saturated heterocycles. The van der Waals surface area contributed by atoms with Crippen molar-refractivity contribution in [1.29, 1.82) is 0 Å². The first-order valence-electron chi connectivity index (χ1n) is 6.45. The Morgan fingerprint density at radius 3 is 2.63 bits per heavy atom. The maximum absolute atomic E-state index is 13.1. The lowest BCUT2D eigenvalue weighted by molar-refractivity contribution is 0.0450. The highest BCUT2D eigenvalue weighted by Crippen LogP contribution is 2.26. The summed E-state index contributed by atoms with van der Waals surface area (Å²) in [5, 5.41) is 10.4. The van der Waals surface area contributed by atoms with Crippen LogP contribution in [-0.2, 0) is 12.0 Å². The maximum atomic E-state index is 13.1. The smallest absolute Gasteiger partial charge is 0.141 e. The highest BCUT2D eigenvalue weighted by Gasteiger charge is 2.23. The van der Waals surface area contributed by atoms with Crippen LogP contribution in [0.4, 0.5) is 4.39 Å². The van der Waals surface area contributed by atoms with Crippen molar-refractivity contribution in [2.75, 3.05) is 0 Å². The van der Waals surface area contributed by atoms with Crippen LogP contribution in [0.2, 0.25) is 0 Å². The molecule has 1 unspecified atom stereocenters. The zero-order chi connectivity index (χ0) is 13.7. The molecule has 0 radical (unpaired) electrons. The van der Waals surface area contributed by atoms with Gasteiger partial charge in [0.2, 0.25) is 0 Å². The Morgan fingerprint density at radius 1 is 1.21 bits per heavy atom. The lowest BCUT2D eigenvalue weighted by Crippen LogP contribution is -2.21. The molecule has 2 rings (SSSR count). The first-order valence-corrected chi connectivity index (χ1v) is 6.45. The number of aromatic nitrogens is 1. The number of aliphatic hydroxyl groups is 1. The maximum Gasteiger partial charge on any atom is 0.141 e. The number of aryl methyl sites for hydroxylation is 1. The molecule has 2 aromatic rings. The minimum Gasteiger partial charge on any atom is -0.385 e. The second-order valence-electron chi connectivity index (χ2n) is 5.00. The lowest BCUT2D eigenvalue weighted by Gasteiger charge is -2.23. The third-order valence-electron chi connectivity index (χ3n) is 3.30. The Kier molecular flexibility index (Phi) is 4.27. The highest BCUT2D eigenvalue weighted by molar-refractivity contribution is 5.18. The average molecular weight is 259 g/mol. The van der Waals surface area contributed by atoms with Crippen LogP contribution >= 0.6 is 0 Å². The normalized spacial score (nSPS) is 14.1. The molecule has 1 atom stereocenters. The summed E-state index contributed by atoms with van der Waals surface area (Å²) in [5.41, 5.74) is 0.736. The van der Waals surface area contributed by atoms with Crippen LogP contribution in [0, 0.1) is 5.82 Å². The topological polar surface area (TPSA) is 33.1 Å². The molecule has 1 aromatic heterocycles. The van der Waals surface area contributed by atoms with Gasteiger partial charge in [0.25, 0.3) is 0 Å². The molecule has 0 spiro atoms. The Morgan fingerprint density at radius 2 is 1.95 bits per heavy atom. The van der Waals surface area contributed by atoms with Crippen LogP contribution in [0.3, 0.4) is 0 Å². The van der Waals surface area contributed by atoms with Crippen LogP contribution in [0.1, 0.15) is 30.9 Å². The third-order valence-corrected chi connectivity index (χ3v) is 3.30. The minimum absolute atomic E-state index is 0.416. The highest BCUT2D eigenvalue weighted by atomic mass is 19.1. The van der Waals surface area contributed by atoms with Crippen LogP contribution in [-0.4, -0.2) is 10.1 Å². The van der Waals surface area contributed by atoms with E-state index < -0.39 is 11.4 Å². The molecule has 0 bridgehead atoms. The van der Waals surface area contributed by atoms with Gasteiger partial charge in [-0.15, -0.1) is 0 Å². The summed E-state index contributed by atoms with van der Waals surface area (Å²) in [6.07, 6.45) is 4.98. The van der Waals surface area contributed by atoms with Crippen LogP contribution in [0.25, 0.3) is 0 Å². The van der Waals surface area contributed by atoms with E-state index in [0.717, 1.165) is 19.0 Å². The molecule has 100 valence electrons. The number of benzene rings is 1. The third kappa shape index (κ3) is 3.86. The number of hydrogen-bond acceptors (Lipinski definition) is 2. The Bertz CT molecular complexity index is 525. The first-order chi connectivity index (χ1) is 9.08. The lowest BCUT2D eigenvalue weighted by atomic mass is 9.91. The molecule has 0 aliphatic carbocycles. The number of nitrogens with zero attached hydrogens (tertiary/aromatic N) is 1. The molecule has 1 heterocycles. The van der Waals surface area contributed by atoms with Crippen LogP contribution < -0.4 is 0 Å². The number of halogens is 1. The van der Waals surface area contributed by atoms with Crippen molar-refractivity contribution in [3.63, 3.8) is 0 Å². The van der Waals surface area contributed by atoms with E-state index in [1.807, 2.05) is 18.2 Å². The summed E-state index contributed by atoms with van der Waals surface area (Å²) in [6, 6.07) is 11.5. The van der Waals surface area contributed by atoms with Gasteiger partial charge in [-0.2, -0.15) is 0 Å². The van der Waals surface area contributed by atoms with Crippen molar-refractivity contribution in [3.8, 4) is 0 Å². The van der Waals surface area contributed by atoms with Crippen molar-refractivity contribution in [3.05, 3.63) is 65.7 Å². The van der Waals surface area contributed by atoms with Gasteiger partial charge in [-0.3, -0.25) is 4.98 Å². The molecule has 2 nitrogen and oxygen atoms in total. The monoisotopic (exact) mass is 259 g/mol. The van der Waals surface area contributed by atoms with Crippen molar-refractivity contribution in [2.24, 2.45) is 0 Å². The fourth-order valence-corrected chi connectivity index (χ4v) is 2.13. The molecular formula is C16H18FNO. The molecular weight excluding hydrogens is 241 g/mol. The second-order valence-corrected chi connectivity index (χ2v) is 5.00. The predicted molar refractivity (Wildman–Crippen MR) is 73.1 cm³/mol. The molecule has 0 fully saturated rings. The minimum atomic E-state index is -1.04. The first kappa shape index (κ1) is 13.7. The van der Waals surface area contributed by atoms with E-state index >= 15 is 0 Å². The van der Waals surface area contributed by atoms with Gasteiger partial charge in [-0.1, -0.05) is 30.3 Å². The van der Waals surface area contributed by atoms with E-state index in [4.69, 9.17) is 0 Å². The van der Waals surface area contributed by atoms with E-state index in [0.29, 0.717) is 12.0 Å². The fraction of sp³-hybridized carbons (Fsp3) is 0.312. The van der Waals surface area contributed by atoms with Gasteiger partial charge in [0.1, 0.15) is 5.82 Å². The zero-order valence-electron chi connectivity index (χ0n) is 11.0. The van der Waals surface area contributed by atoms with Crippen molar-refractivity contribution < 1.29 is 9.50 Å². The quantitative estimate of drug-likeness (QED) is 0.892. The Hall–Kier alpha value is -1.74. The number of rotatable bonds is 5. The van der Waals surface area contributed by atoms with Gasteiger partial charge in [-0.05, 0) is 37.8 Å². The van der Waals surface area contributed by atoms with Gasteiger partial charge >= 0.3 is 0 Å². The summed E-state index contributed by atoms with van der Waals surface area (Å²) in [4.78, 5) is 3.78. The summed E-state index contributed by atoms with van der Waals surface area (Å²) < 4.78 is 13.1. The molecule has 1 aromatic carbocycles. The van der Waals surface area contributed by atoms with E-state index in [1.54, 1.807) is 6.92 Å². The van der Waals surface area contributed by atoms with Crippen LogP contribution in [0.5, 0.6) is 0 Å². The van der Waals surface area contributed by atoms with Crippen molar-refractivity contribution in [1.82, 2.24) is 4.98 Å². The summed E-state index contributed by atoms with van der Waals surface area (Å²) >= 11 is 0. The largest absolute Gasteiger partial charge is 0.385 e. The van der Waals surface area contributed by atoms with E-state index in [-0.39, 0.29) is 0 Å². The van der Waals surface area contributed by atoms with Gasteiger partial charge < -0.3 is 5.11 Å². The molecule has 3 heteroatoms. The summed E-state index contributed by atoms with van der Waals surface area (Å²) in [7, 11) is 0. The second kappa shape index (κ2) is 5.93. The van der Waals surface area contributed by atoms with Crippen molar-refractivity contribution in [2.45, 2.75) is 31.8 Å². The van der Waals surface area contributed by atoms with E-state index in [1.165, 1.54) is 17.8 Å². The van der Waals surface area contributed by atoms with Crippen molar-refractivity contribution >= 4 is 0 Å². The van der Waals surface area contributed by atoms with Gasteiger partial charge in [-0.25, -0.2) is 4.39 Å². The fourth-order valence-electron chi connectivity index (χ4n) is 2.13. The molecule has 0 amide bonds. The Labute approximate surface area is 112 Å². The average Bonchev–Trinajstić information content (AvgIpc) is 2.40. The van der Waals surface area contributed by atoms with E-state index in [2.05, 4.69) is 17.1 Å². The standard InChI is InChI=1S/C16H18FNO/c1-16(19,14-10-15(17)12-18-11-14)9-5-8-13-6-3-2-4-7-13/h2-4,6-7,10-12,19H,5,8-9H2,1H3. The summed E-state index contributed by atoms with van der Waals surface area (Å²) in [6.45, 7) is 1.70. The Balaban J connectivity index is 1.94. The van der Waals surface area contributed by atoms with E-state index in [9.17, 15) is 9.50 Å². The van der Waals surface area contributed by atoms with Gasteiger partial charge in [0.05, 0.1) is 11.8 Å². The number of pyridine rings is 1. The molecule has 0 aliphatic rings.